The SMILES string of the molecule is CCCC[Si](CCCC)(CCCC)c1cc(CC)c(N(P(c2ccc(C3CCCCC3)cc2)c2ccc(C3CCCCC3)cc2)P(c2ccc(C3CCCCC3)cc2)c2ccc(C3CCCCC3)cc2)c(CC)c1. The first-order chi connectivity index (χ1) is 36.5. The molecule has 0 aliphatic heterocycles. The maximum atomic E-state index is 3.18. The maximum Gasteiger partial charge on any atom is 0.0867 e. The van der Waals surface area contributed by atoms with Crippen LogP contribution in [0.5, 0.6) is 0 Å². The Balaban J connectivity index is 1.30. The van der Waals surface area contributed by atoms with Crippen LogP contribution in [0.15, 0.2) is 109 Å². The molecule has 4 saturated carbocycles. The summed E-state index contributed by atoms with van der Waals surface area (Å²) in [4.78, 5) is 0. The Morgan fingerprint density at radius 3 is 0.851 bits per heavy atom. The lowest BCUT2D eigenvalue weighted by Gasteiger charge is -2.44. The largest absolute Gasteiger partial charge is 0.312 e. The highest BCUT2D eigenvalue weighted by Crippen LogP contribution is 2.59. The summed E-state index contributed by atoms with van der Waals surface area (Å²) in [5.41, 5.74) is 11.1. The fourth-order valence-electron chi connectivity index (χ4n) is 14.5. The number of hydrogen-bond donors (Lipinski definition) is 0. The molecule has 74 heavy (non-hydrogen) atoms. The third-order valence-electron chi connectivity index (χ3n) is 19.1. The number of hydrogen-bond acceptors (Lipinski definition) is 1. The molecule has 1 nitrogen and oxygen atoms in total. The normalized spacial score (nSPS) is 17.9. The van der Waals surface area contributed by atoms with Crippen LogP contribution >= 0.6 is 16.1 Å². The van der Waals surface area contributed by atoms with Gasteiger partial charge < -0.3 is 4.44 Å². The summed E-state index contributed by atoms with van der Waals surface area (Å²) in [7, 11) is -3.82. The van der Waals surface area contributed by atoms with E-state index < -0.39 is 24.2 Å². The molecule has 5 aromatic rings. The lowest BCUT2D eigenvalue weighted by molar-refractivity contribution is 0.443. The molecule has 0 aromatic heterocycles. The van der Waals surface area contributed by atoms with Crippen molar-refractivity contribution in [1.82, 2.24) is 0 Å². The van der Waals surface area contributed by atoms with Gasteiger partial charge >= 0.3 is 0 Å². The molecule has 0 amide bonds. The first-order valence-electron chi connectivity index (χ1n) is 31.4. The van der Waals surface area contributed by atoms with Crippen molar-refractivity contribution in [2.45, 2.75) is 256 Å². The van der Waals surface area contributed by atoms with Crippen molar-refractivity contribution in [3.05, 3.63) is 143 Å². The fraction of sp³-hybridized carbons (Fsp3) is 0.571. The van der Waals surface area contributed by atoms with Gasteiger partial charge in [0.15, 0.2) is 0 Å². The van der Waals surface area contributed by atoms with Gasteiger partial charge in [-0.3, -0.25) is 0 Å². The minimum absolute atomic E-state index is 0.695. The molecule has 9 rings (SSSR count). The predicted molar refractivity (Wildman–Crippen MR) is 334 cm³/mol. The first kappa shape index (κ1) is 55.7. The zero-order valence-corrected chi connectivity index (χ0v) is 50.3. The average Bonchev–Trinajstić information content (AvgIpc) is 3.48. The zero-order chi connectivity index (χ0) is 51.1. The van der Waals surface area contributed by atoms with Crippen LogP contribution in [-0.4, -0.2) is 8.07 Å². The van der Waals surface area contributed by atoms with Gasteiger partial charge in [-0.05, 0) is 121 Å². The molecule has 0 atom stereocenters. The van der Waals surface area contributed by atoms with E-state index in [4.69, 9.17) is 0 Å². The molecule has 4 heteroatoms. The first-order valence-corrected chi connectivity index (χ1v) is 36.6. The Morgan fingerprint density at radius 1 is 0.365 bits per heavy atom. The number of nitrogens with zero attached hydrogens (tertiary/aromatic N) is 1. The van der Waals surface area contributed by atoms with Crippen molar-refractivity contribution in [3.8, 4) is 0 Å². The summed E-state index contributed by atoms with van der Waals surface area (Å²) in [6, 6.07) is 51.9. The Bertz CT molecular complexity index is 2120. The van der Waals surface area contributed by atoms with Gasteiger partial charge in [-0.2, -0.15) is 0 Å². The Morgan fingerprint density at radius 2 is 0.622 bits per heavy atom. The van der Waals surface area contributed by atoms with E-state index in [0.29, 0.717) is 23.7 Å². The van der Waals surface area contributed by atoms with Gasteiger partial charge in [0.05, 0.1) is 29.9 Å². The standard InChI is InChI=1S/C70H99NP2Si/c1-6-11-50-74(51-12-7-2,52-13-8-3)69-53-55(9-4)70(56(10-5)54-69)71(72(65-42-34-61(35-43-65)57-26-18-14-19-27-57)66-44-36-62(37-45-66)58-28-20-15-21-29-58)73(67-46-38-63(39-47-67)59-30-22-16-23-31-59)68-48-40-64(41-49-68)60-32-24-17-25-33-60/h34-49,53-54,57-60H,6-33,50-52H2,1-5H3. The second-order valence-electron chi connectivity index (χ2n) is 24.1. The lowest BCUT2D eigenvalue weighted by atomic mass is 9.84. The van der Waals surface area contributed by atoms with Gasteiger partial charge in [0.2, 0.25) is 0 Å². The molecule has 0 radical (unpaired) electrons. The van der Waals surface area contributed by atoms with Crippen LogP contribution < -0.4 is 30.8 Å². The van der Waals surface area contributed by atoms with E-state index in [9.17, 15) is 0 Å². The van der Waals surface area contributed by atoms with E-state index in [1.165, 1.54) is 206 Å². The van der Waals surface area contributed by atoms with Crippen LogP contribution in [0.1, 0.15) is 259 Å². The zero-order valence-electron chi connectivity index (χ0n) is 47.5. The fourth-order valence-corrected chi connectivity index (χ4v) is 26.3. The molecule has 0 unspecified atom stereocenters. The minimum atomic E-state index is -1.80. The van der Waals surface area contributed by atoms with E-state index in [1.54, 1.807) is 44.3 Å². The Hall–Kier alpha value is -3.02. The molecule has 4 aliphatic carbocycles. The van der Waals surface area contributed by atoms with Crippen molar-refractivity contribution in [2.75, 3.05) is 4.44 Å². The van der Waals surface area contributed by atoms with Crippen molar-refractivity contribution < 1.29 is 0 Å². The summed E-state index contributed by atoms with van der Waals surface area (Å²) in [5.74, 6) is 2.78. The van der Waals surface area contributed by atoms with Gasteiger partial charge in [0.25, 0.3) is 0 Å². The molecule has 0 spiro atoms. The highest BCUT2D eigenvalue weighted by molar-refractivity contribution is 7.90. The van der Waals surface area contributed by atoms with E-state index in [2.05, 4.69) is 148 Å². The molecule has 0 heterocycles. The summed E-state index contributed by atoms with van der Waals surface area (Å²) in [6.07, 6.45) is 37.4. The smallest absolute Gasteiger partial charge is 0.0867 e. The van der Waals surface area contributed by atoms with Crippen LogP contribution in [0, 0.1) is 0 Å². The van der Waals surface area contributed by atoms with Crippen molar-refractivity contribution in [1.29, 1.82) is 0 Å². The Labute approximate surface area is 456 Å². The molecule has 5 aromatic carbocycles. The highest BCUT2D eigenvalue weighted by Gasteiger charge is 2.39. The molecular weight excluding hydrogens is 945 g/mol. The third kappa shape index (κ3) is 13.4. The van der Waals surface area contributed by atoms with E-state index in [0.717, 1.165) is 12.8 Å². The number of anilines is 1. The highest BCUT2D eigenvalue weighted by atomic mass is 31.2. The van der Waals surface area contributed by atoms with Gasteiger partial charge in [-0.15, -0.1) is 0 Å². The number of aryl methyl sites for hydroxylation is 2. The Kier molecular flexibility index (Phi) is 21.1. The van der Waals surface area contributed by atoms with Crippen molar-refractivity contribution >= 4 is 56.3 Å². The van der Waals surface area contributed by atoms with Crippen LogP contribution in [0.2, 0.25) is 18.1 Å². The number of unbranched alkanes of at least 4 members (excludes halogenated alkanes) is 3. The predicted octanol–water partition coefficient (Wildman–Crippen LogP) is 20.0. The molecule has 0 bridgehead atoms. The molecule has 398 valence electrons. The van der Waals surface area contributed by atoms with E-state index >= 15 is 0 Å². The molecule has 0 saturated heterocycles. The van der Waals surface area contributed by atoms with Crippen LogP contribution in [-0.2, 0) is 12.8 Å². The van der Waals surface area contributed by atoms with E-state index in [-0.39, 0.29) is 0 Å². The summed E-state index contributed by atoms with van der Waals surface area (Å²) in [5, 5.41) is 7.85. The quantitative estimate of drug-likeness (QED) is 0.0465. The monoisotopic (exact) mass is 1040 g/mol. The average molecular weight is 1040 g/mol. The minimum Gasteiger partial charge on any atom is -0.312 e. The second kappa shape index (κ2) is 28.0. The summed E-state index contributed by atoms with van der Waals surface area (Å²) < 4.78 is 3.18. The third-order valence-corrected chi connectivity index (χ3v) is 29.9. The van der Waals surface area contributed by atoms with Crippen LogP contribution in [0.3, 0.4) is 0 Å². The molecule has 4 aliphatic rings. The molecule has 0 N–H and O–H groups in total. The van der Waals surface area contributed by atoms with Crippen molar-refractivity contribution in [2.24, 2.45) is 0 Å². The molecular formula is C70H99NP2Si. The topological polar surface area (TPSA) is 3.24 Å². The number of benzene rings is 5. The van der Waals surface area contributed by atoms with Crippen molar-refractivity contribution in [3.63, 3.8) is 0 Å². The van der Waals surface area contributed by atoms with E-state index in [1.807, 2.05) is 0 Å². The van der Waals surface area contributed by atoms with Gasteiger partial charge in [0, 0.05) is 21.2 Å². The van der Waals surface area contributed by atoms with Gasteiger partial charge in [-0.25, -0.2) is 0 Å². The van der Waals surface area contributed by atoms with Crippen LogP contribution in [0.4, 0.5) is 5.69 Å². The number of rotatable bonds is 23. The lowest BCUT2D eigenvalue weighted by Crippen LogP contribution is -2.48. The summed E-state index contributed by atoms with van der Waals surface area (Å²) in [6.45, 7) is 12.3. The maximum absolute atomic E-state index is 3.18. The van der Waals surface area contributed by atoms with Crippen LogP contribution in [0.25, 0.3) is 0 Å². The van der Waals surface area contributed by atoms with Gasteiger partial charge in [0.1, 0.15) is 0 Å². The summed E-state index contributed by atoms with van der Waals surface area (Å²) >= 11 is 0. The van der Waals surface area contributed by atoms with Gasteiger partial charge in [-0.1, -0.05) is 283 Å². The molecule has 4 fully saturated rings. The second-order valence-corrected chi connectivity index (χ2v) is 33.1.